The Hall–Kier alpha value is -0.640. The first-order valence-electron chi connectivity index (χ1n) is 6.32. The Morgan fingerprint density at radius 3 is 2.94 bits per heavy atom. The zero-order valence-corrected chi connectivity index (χ0v) is 12.7. The Bertz CT molecular complexity index is 549. The SMILES string of the molecule is CC(NC1CCc2ccccc21)c1sccc1Br. The highest BCUT2D eigenvalue weighted by molar-refractivity contribution is 9.10. The highest BCUT2D eigenvalue weighted by Crippen LogP contribution is 2.35. The van der Waals surface area contributed by atoms with E-state index in [4.69, 9.17) is 0 Å². The molecule has 0 amide bonds. The van der Waals surface area contributed by atoms with Gasteiger partial charge in [0.25, 0.3) is 0 Å². The van der Waals surface area contributed by atoms with E-state index < -0.39 is 0 Å². The number of halogens is 1. The molecule has 0 bridgehead atoms. The maximum Gasteiger partial charge on any atom is 0.0402 e. The molecular weight excluding hydrogens is 306 g/mol. The molecule has 18 heavy (non-hydrogen) atoms. The third-order valence-electron chi connectivity index (χ3n) is 3.62. The molecule has 0 radical (unpaired) electrons. The summed E-state index contributed by atoms with van der Waals surface area (Å²) in [5, 5.41) is 5.90. The predicted molar refractivity (Wildman–Crippen MR) is 81.1 cm³/mol. The number of hydrogen-bond acceptors (Lipinski definition) is 2. The predicted octanol–water partition coefficient (Wildman–Crippen LogP) is 4.85. The van der Waals surface area contributed by atoms with Crippen LogP contribution >= 0.6 is 27.3 Å². The molecule has 0 saturated carbocycles. The van der Waals surface area contributed by atoms with Crippen LogP contribution in [0, 0.1) is 0 Å². The fourth-order valence-corrected chi connectivity index (χ4v) is 4.46. The van der Waals surface area contributed by atoms with Crippen molar-refractivity contribution in [1.82, 2.24) is 5.32 Å². The van der Waals surface area contributed by atoms with Crippen molar-refractivity contribution in [2.24, 2.45) is 0 Å². The molecular formula is C15H16BrNS. The van der Waals surface area contributed by atoms with Crippen LogP contribution < -0.4 is 5.32 Å². The van der Waals surface area contributed by atoms with Crippen molar-refractivity contribution in [3.63, 3.8) is 0 Å². The van der Waals surface area contributed by atoms with Crippen molar-refractivity contribution >= 4 is 27.3 Å². The number of benzene rings is 1. The second-order valence-corrected chi connectivity index (χ2v) is 6.61. The number of hydrogen-bond donors (Lipinski definition) is 1. The Balaban J connectivity index is 1.77. The lowest BCUT2D eigenvalue weighted by Gasteiger charge is -2.20. The standard InChI is InChI=1S/C15H16BrNS/c1-10(15-13(16)8-9-18-15)17-14-7-6-11-4-2-3-5-12(11)14/h2-5,8-10,14,17H,6-7H2,1H3. The van der Waals surface area contributed by atoms with Crippen LogP contribution in [0.5, 0.6) is 0 Å². The fraction of sp³-hybridized carbons (Fsp3) is 0.333. The van der Waals surface area contributed by atoms with Gasteiger partial charge < -0.3 is 5.32 Å². The molecule has 0 fully saturated rings. The molecule has 1 aromatic heterocycles. The highest BCUT2D eigenvalue weighted by atomic mass is 79.9. The lowest BCUT2D eigenvalue weighted by Crippen LogP contribution is -2.22. The van der Waals surface area contributed by atoms with Gasteiger partial charge in [-0.25, -0.2) is 0 Å². The van der Waals surface area contributed by atoms with Gasteiger partial charge in [0.05, 0.1) is 0 Å². The molecule has 2 unspecified atom stereocenters. The molecule has 0 saturated heterocycles. The smallest absolute Gasteiger partial charge is 0.0402 e. The Morgan fingerprint density at radius 2 is 2.17 bits per heavy atom. The third kappa shape index (κ3) is 2.27. The molecule has 3 heteroatoms. The molecule has 1 N–H and O–H groups in total. The molecule has 3 rings (SSSR count). The van der Waals surface area contributed by atoms with Gasteiger partial charge in [0.2, 0.25) is 0 Å². The van der Waals surface area contributed by atoms with E-state index in [1.807, 2.05) is 11.3 Å². The molecule has 1 nitrogen and oxygen atoms in total. The summed E-state index contributed by atoms with van der Waals surface area (Å²) in [4.78, 5) is 1.39. The summed E-state index contributed by atoms with van der Waals surface area (Å²) in [6.45, 7) is 2.25. The van der Waals surface area contributed by atoms with Crippen LogP contribution in [-0.2, 0) is 6.42 Å². The molecule has 0 spiro atoms. The first-order valence-corrected chi connectivity index (χ1v) is 7.99. The minimum Gasteiger partial charge on any atom is -0.303 e. The van der Waals surface area contributed by atoms with E-state index in [2.05, 4.69) is 63.9 Å². The van der Waals surface area contributed by atoms with E-state index in [0.29, 0.717) is 12.1 Å². The van der Waals surface area contributed by atoms with E-state index in [-0.39, 0.29) is 0 Å². The van der Waals surface area contributed by atoms with E-state index in [1.54, 1.807) is 0 Å². The lowest BCUT2D eigenvalue weighted by atomic mass is 10.1. The molecule has 0 aliphatic heterocycles. The van der Waals surface area contributed by atoms with E-state index in [1.165, 1.54) is 33.3 Å². The summed E-state index contributed by atoms with van der Waals surface area (Å²) in [5.41, 5.74) is 2.99. The highest BCUT2D eigenvalue weighted by Gasteiger charge is 2.24. The summed E-state index contributed by atoms with van der Waals surface area (Å²) in [6.07, 6.45) is 2.42. The monoisotopic (exact) mass is 321 g/mol. The van der Waals surface area contributed by atoms with Gasteiger partial charge in [0, 0.05) is 21.4 Å². The van der Waals surface area contributed by atoms with E-state index in [9.17, 15) is 0 Å². The molecule has 2 aromatic rings. The number of aryl methyl sites for hydroxylation is 1. The summed E-state index contributed by atoms with van der Waals surface area (Å²) < 4.78 is 1.22. The normalized spacial score (nSPS) is 19.8. The Kier molecular flexibility index (Phi) is 3.55. The van der Waals surface area contributed by atoms with Crippen LogP contribution in [-0.4, -0.2) is 0 Å². The maximum absolute atomic E-state index is 3.76. The number of thiophene rings is 1. The topological polar surface area (TPSA) is 12.0 Å². The first kappa shape index (κ1) is 12.4. The van der Waals surface area contributed by atoms with Crippen molar-refractivity contribution < 1.29 is 0 Å². The Morgan fingerprint density at radius 1 is 1.33 bits per heavy atom. The van der Waals surface area contributed by atoms with Gasteiger partial charge in [0.15, 0.2) is 0 Å². The van der Waals surface area contributed by atoms with E-state index >= 15 is 0 Å². The van der Waals surface area contributed by atoms with Crippen LogP contribution in [0.15, 0.2) is 40.2 Å². The maximum atomic E-state index is 3.76. The first-order chi connectivity index (χ1) is 8.75. The average Bonchev–Trinajstić information content (AvgIpc) is 2.97. The summed E-state index contributed by atoms with van der Waals surface area (Å²) in [6, 6.07) is 11.8. The van der Waals surface area contributed by atoms with Gasteiger partial charge in [-0.3, -0.25) is 0 Å². The van der Waals surface area contributed by atoms with Gasteiger partial charge in [-0.1, -0.05) is 24.3 Å². The average molecular weight is 322 g/mol. The van der Waals surface area contributed by atoms with Crippen LogP contribution in [0.4, 0.5) is 0 Å². The van der Waals surface area contributed by atoms with Crippen molar-refractivity contribution in [2.75, 3.05) is 0 Å². The van der Waals surface area contributed by atoms with E-state index in [0.717, 1.165) is 0 Å². The van der Waals surface area contributed by atoms with Crippen LogP contribution in [0.3, 0.4) is 0 Å². The molecule has 94 valence electrons. The third-order valence-corrected chi connectivity index (χ3v) is 5.68. The fourth-order valence-electron chi connectivity index (χ4n) is 2.72. The molecule has 1 aliphatic rings. The van der Waals surface area contributed by atoms with Crippen LogP contribution in [0.2, 0.25) is 0 Å². The van der Waals surface area contributed by atoms with Gasteiger partial charge in [-0.15, -0.1) is 11.3 Å². The van der Waals surface area contributed by atoms with Gasteiger partial charge >= 0.3 is 0 Å². The lowest BCUT2D eigenvalue weighted by molar-refractivity contribution is 0.468. The van der Waals surface area contributed by atoms with Gasteiger partial charge in [-0.2, -0.15) is 0 Å². The van der Waals surface area contributed by atoms with Crippen molar-refractivity contribution in [3.8, 4) is 0 Å². The Labute approximate surface area is 120 Å². The molecule has 1 aliphatic carbocycles. The number of nitrogens with one attached hydrogen (secondary N) is 1. The summed E-state index contributed by atoms with van der Waals surface area (Å²) in [5.74, 6) is 0. The number of fused-ring (bicyclic) bond motifs is 1. The van der Waals surface area contributed by atoms with Crippen molar-refractivity contribution in [1.29, 1.82) is 0 Å². The zero-order chi connectivity index (χ0) is 12.5. The van der Waals surface area contributed by atoms with Gasteiger partial charge in [-0.05, 0) is 58.3 Å². The summed E-state index contributed by atoms with van der Waals surface area (Å²) >= 11 is 5.43. The quantitative estimate of drug-likeness (QED) is 0.852. The largest absolute Gasteiger partial charge is 0.303 e. The van der Waals surface area contributed by atoms with Crippen LogP contribution in [0.25, 0.3) is 0 Å². The minimum absolute atomic E-state index is 0.399. The molecule has 1 aromatic carbocycles. The molecule has 2 atom stereocenters. The van der Waals surface area contributed by atoms with Gasteiger partial charge in [0.1, 0.15) is 0 Å². The summed E-state index contributed by atoms with van der Waals surface area (Å²) in [7, 11) is 0. The van der Waals surface area contributed by atoms with Crippen molar-refractivity contribution in [2.45, 2.75) is 31.8 Å². The number of rotatable bonds is 3. The van der Waals surface area contributed by atoms with Crippen molar-refractivity contribution in [3.05, 3.63) is 56.2 Å². The zero-order valence-electron chi connectivity index (χ0n) is 10.3. The second-order valence-electron chi connectivity index (χ2n) is 4.81. The van der Waals surface area contributed by atoms with Crippen LogP contribution in [0.1, 0.15) is 41.4 Å². The molecule has 1 heterocycles. The second kappa shape index (κ2) is 5.16. The minimum atomic E-state index is 0.399.